The highest BCUT2D eigenvalue weighted by Gasteiger charge is 2.28. The second kappa shape index (κ2) is 8.00. The molecule has 1 aromatic carbocycles. The number of para-hydroxylation sites is 1. The third-order valence-corrected chi connectivity index (χ3v) is 3.88. The SMILES string of the molecule is CCCC1CC(C(=O)NCCN(C)c2ccccc2)NN1. The van der Waals surface area contributed by atoms with Gasteiger partial charge >= 0.3 is 0 Å². The molecule has 5 nitrogen and oxygen atoms in total. The van der Waals surface area contributed by atoms with Gasteiger partial charge < -0.3 is 10.2 Å². The molecule has 1 fully saturated rings. The predicted molar refractivity (Wildman–Crippen MR) is 86.1 cm³/mol. The van der Waals surface area contributed by atoms with E-state index in [0.29, 0.717) is 12.6 Å². The van der Waals surface area contributed by atoms with E-state index in [-0.39, 0.29) is 11.9 Å². The Kier molecular flexibility index (Phi) is 6.02. The monoisotopic (exact) mass is 290 g/mol. The first-order chi connectivity index (χ1) is 10.2. The van der Waals surface area contributed by atoms with E-state index in [9.17, 15) is 4.79 Å². The molecule has 5 heteroatoms. The minimum Gasteiger partial charge on any atom is -0.373 e. The van der Waals surface area contributed by atoms with E-state index in [1.807, 2.05) is 25.2 Å². The van der Waals surface area contributed by atoms with E-state index in [4.69, 9.17) is 0 Å². The van der Waals surface area contributed by atoms with Crippen molar-refractivity contribution >= 4 is 11.6 Å². The van der Waals surface area contributed by atoms with Gasteiger partial charge in [-0.25, -0.2) is 5.43 Å². The molecule has 0 aromatic heterocycles. The minimum atomic E-state index is -0.108. The van der Waals surface area contributed by atoms with E-state index in [1.165, 1.54) is 0 Å². The Hall–Kier alpha value is -1.59. The summed E-state index contributed by atoms with van der Waals surface area (Å²) in [7, 11) is 2.04. The van der Waals surface area contributed by atoms with Crippen molar-refractivity contribution in [3.63, 3.8) is 0 Å². The molecule has 0 spiro atoms. The Morgan fingerprint density at radius 1 is 1.33 bits per heavy atom. The minimum absolute atomic E-state index is 0.0857. The van der Waals surface area contributed by atoms with Crippen LogP contribution in [0.5, 0.6) is 0 Å². The lowest BCUT2D eigenvalue weighted by Gasteiger charge is -2.20. The molecule has 1 heterocycles. The summed E-state index contributed by atoms with van der Waals surface area (Å²) >= 11 is 0. The number of likely N-dealkylation sites (N-methyl/N-ethyl adjacent to an activating group) is 1. The third-order valence-electron chi connectivity index (χ3n) is 3.88. The number of hydrogen-bond donors (Lipinski definition) is 3. The molecule has 2 rings (SSSR count). The molecule has 1 aromatic rings. The van der Waals surface area contributed by atoms with Gasteiger partial charge in [0.2, 0.25) is 5.91 Å². The van der Waals surface area contributed by atoms with Crippen molar-refractivity contribution in [3.8, 4) is 0 Å². The number of hydrogen-bond acceptors (Lipinski definition) is 4. The zero-order valence-electron chi connectivity index (χ0n) is 12.9. The van der Waals surface area contributed by atoms with Crippen molar-refractivity contribution in [1.29, 1.82) is 0 Å². The maximum absolute atomic E-state index is 12.1. The first-order valence-corrected chi connectivity index (χ1v) is 7.75. The molecule has 1 aliphatic rings. The number of benzene rings is 1. The molecule has 0 saturated carbocycles. The van der Waals surface area contributed by atoms with E-state index in [2.05, 4.69) is 40.1 Å². The number of hydrazine groups is 1. The molecule has 1 saturated heterocycles. The Labute approximate surface area is 127 Å². The number of anilines is 1. The Morgan fingerprint density at radius 2 is 2.10 bits per heavy atom. The maximum atomic E-state index is 12.1. The summed E-state index contributed by atoms with van der Waals surface area (Å²) < 4.78 is 0. The summed E-state index contributed by atoms with van der Waals surface area (Å²) in [4.78, 5) is 14.2. The second-order valence-electron chi connectivity index (χ2n) is 5.61. The van der Waals surface area contributed by atoms with E-state index in [0.717, 1.165) is 31.5 Å². The summed E-state index contributed by atoms with van der Waals surface area (Å²) in [5.41, 5.74) is 7.44. The van der Waals surface area contributed by atoms with Gasteiger partial charge in [0.25, 0.3) is 0 Å². The standard InChI is InChI=1S/C16H26N4O/c1-3-7-13-12-15(19-18-13)16(21)17-10-11-20(2)14-8-5-4-6-9-14/h4-6,8-9,13,15,18-19H,3,7,10-12H2,1-2H3,(H,17,21). The molecule has 21 heavy (non-hydrogen) atoms. The van der Waals surface area contributed by atoms with E-state index in [1.54, 1.807) is 0 Å². The number of amides is 1. The molecule has 2 unspecified atom stereocenters. The van der Waals surface area contributed by atoms with Crippen LogP contribution in [0.1, 0.15) is 26.2 Å². The Balaban J connectivity index is 1.68. The van der Waals surface area contributed by atoms with Crippen molar-refractivity contribution in [2.24, 2.45) is 0 Å². The molecule has 2 atom stereocenters. The number of carbonyl (C=O) groups excluding carboxylic acids is 1. The fourth-order valence-electron chi connectivity index (χ4n) is 2.61. The molecular weight excluding hydrogens is 264 g/mol. The van der Waals surface area contributed by atoms with Crippen LogP contribution in [0, 0.1) is 0 Å². The van der Waals surface area contributed by atoms with E-state index < -0.39 is 0 Å². The highest BCUT2D eigenvalue weighted by atomic mass is 16.2. The van der Waals surface area contributed by atoms with E-state index >= 15 is 0 Å². The zero-order chi connectivity index (χ0) is 15.1. The van der Waals surface area contributed by atoms with Crippen LogP contribution in [0.2, 0.25) is 0 Å². The lowest BCUT2D eigenvalue weighted by Crippen LogP contribution is -2.45. The summed E-state index contributed by atoms with van der Waals surface area (Å²) in [6.45, 7) is 3.61. The van der Waals surface area contributed by atoms with Crippen LogP contribution in [-0.4, -0.2) is 38.1 Å². The highest BCUT2D eigenvalue weighted by molar-refractivity contribution is 5.82. The van der Waals surface area contributed by atoms with Crippen LogP contribution in [-0.2, 0) is 4.79 Å². The third kappa shape index (κ3) is 4.72. The van der Waals surface area contributed by atoms with Gasteiger partial charge in [-0.05, 0) is 25.0 Å². The summed E-state index contributed by atoms with van der Waals surface area (Å²) in [6.07, 6.45) is 3.11. The van der Waals surface area contributed by atoms with Crippen molar-refractivity contribution in [3.05, 3.63) is 30.3 Å². The predicted octanol–water partition coefficient (Wildman–Crippen LogP) is 1.27. The zero-order valence-corrected chi connectivity index (χ0v) is 12.9. The lowest BCUT2D eigenvalue weighted by atomic mass is 10.1. The second-order valence-corrected chi connectivity index (χ2v) is 5.61. The largest absolute Gasteiger partial charge is 0.373 e. The van der Waals surface area contributed by atoms with Gasteiger partial charge in [-0.3, -0.25) is 10.2 Å². The molecule has 0 bridgehead atoms. The van der Waals surface area contributed by atoms with Crippen molar-refractivity contribution < 1.29 is 4.79 Å². The Bertz CT molecular complexity index is 437. The van der Waals surface area contributed by atoms with Crippen LogP contribution in [0.15, 0.2) is 30.3 Å². The first-order valence-electron chi connectivity index (χ1n) is 7.75. The number of carbonyl (C=O) groups is 1. The van der Waals surface area contributed by atoms with Crippen LogP contribution >= 0.6 is 0 Å². The van der Waals surface area contributed by atoms with Crippen LogP contribution < -0.4 is 21.1 Å². The van der Waals surface area contributed by atoms with Gasteiger partial charge in [-0.1, -0.05) is 31.5 Å². The topological polar surface area (TPSA) is 56.4 Å². The average molecular weight is 290 g/mol. The van der Waals surface area contributed by atoms with Gasteiger partial charge in [0.05, 0.1) is 0 Å². The summed E-state index contributed by atoms with van der Waals surface area (Å²) in [5, 5.41) is 3.00. The van der Waals surface area contributed by atoms with Gasteiger partial charge in [0.15, 0.2) is 0 Å². The number of nitrogens with one attached hydrogen (secondary N) is 3. The quantitative estimate of drug-likeness (QED) is 0.708. The van der Waals surface area contributed by atoms with Crippen molar-refractivity contribution in [1.82, 2.24) is 16.2 Å². The molecule has 0 radical (unpaired) electrons. The summed E-state index contributed by atoms with van der Waals surface area (Å²) in [6, 6.07) is 10.5. The normalized spacial score (nSPS) is 21.2. The number of nitrogens with zero attached hydrogens (tertiary/aromatic N) is 1. The van der Waals surface area contributed by atoms with Gasteiger partial charge in [0.1, 0.15) is 6.04 Å². The molecule has 1 aliphatic heterocycles. The van der Waals surface area contributed by atoms with Gasteiger partial charge in [-0.15, -0.1) is 0 Å². The average Bonchev–Trinajstić information content (AvgIpc) is 2.97. The fourth-order valence-corrected chi connectivity index (χ4v) is 2.61. The van der Waals surface area contributed by atoms with Crippen LogP contribution in [0.3, 0.4) is 0 Å². The Morgan fingerprint density at radius 3 is 2.81 bits per heavy atom. The van der Waals surface area contributed by atoms with Crippen LogP contribution in [0.4, 0.5) is 5.69 Å². The molecule has 3 N–H and O–H groups in total. The summed E-state index contributed by atoms with van der Waals surface area (Å²) in [5.74, 6) is 0.0857. The molecule has 116 valence electrons. The number of rotatable bonds is 7. The van der Waals surface area contributed by atoms with Crippen LogP contribution in [0.25, 0.3) is 0 Å². The van der Waals surface area contributed by atoms with Crippen molar-refractivity contribution in [2.75, 3.05) is 25.0 Å². The molecular formula is C16H26N4O. The molecule has 0 aliphatic carbocycles. The maximum Gasteiger partial charge on any atom is 0.238 e. The first kappa shape index (κ1) is 15.8. The van der Waals surface area contributed by atoms with Gasteiger partial charge in [0, 0.05) is 31.9 Å². The lowest BCUT2D eigenvalue weighted by molar-refractivity contribution is -0.122. The van der Waals surface area contributed by atoms with Gasteiger partial charge in [-0.2, -0.15) is 0 Å². The smallest absolute Gasteiger partial charge is 0.238 e. The van der Waals surface area contributed by atoms with Crippen molar-refractivity contribution in [2.45, 2.75) is 38.3 Å². The fraction of sp³-hybridized carbons (Fsp3) is 0.562. The molecule has 1 amide bonds. The highest BCUT2D eigenvalue weighted by Crippen LogP contribution is 2.11.